The number of nitrogens with one attached hydrogen (secondary N) is 2. The number of pyridine rings is 1. The van der Waals surface area contributed by atoms with E-state index in [0.717, 1.165) is 16.8 Å². The molecule has 1 aliphatic heterocycles. The Morgan fingerprint density at radius 3 is 2.43 bits per heavy atom. The van der Waals surface area contributed by atoms with Gasteiger partial charge >= 0.3 is 6.03 Å². The third-order valence-corrected chi connectivity index (χ3v) is 8.42. The number of urea groups is 1. The second kappa shape index (κ2) is 12.0. The Bertz CT molecular complexity index is 1310. The highest BCUT2D eigenvalue weighted by molar-refractivity contribution is 7.92. The Hall–Kier alpha value is -3.73. The zero-order valence-electron chi connectivity index (χ0n) is 20.6. The van der Waals surface area contributed by atoms with Crippen LogP contribution in [0.5, 0.6) is 0 Å². The second-order valence-electron chi connectivity index (χ2n) is 8.72. The van der Waals surface area contributed by atoms with E-state index >= 15 is 0 Å². The van der Waals surface area contributed by atoms with Crippen molar-refractivity contribution >= 4 is 27.2 Å². The van der Waals surface area contributed by atoms with Crippen LogP contribution in [0.2, 0.25) is 0 Å². The lowest BCUT2D eigenvalue weighted by Gasteiger charge is -2.39. The molecule has 2 aromatic carbocycles. The molecule has 0 spiro atoms. The van der Waals surface area contributed by atoms with Crippen LogP contribution in [0, 0.1) is 0 Å². The van der Waals surface area contributed by atoms with Crippen LogP contribution in [0.3, 0.4) is 0 Å². The largest absolute Gasteiger partial charge is 0.369 e. The highest BCUT2D eigenvalue weighted by Crippen LogP contribution is 2.26. The monoisotopic (exact) mass is 520 g/mol. The summed E-state index contributed by atoms with van der Waals surface area (Å²) in [5.41, 5.74) is 9.42. The number of carbonyl (C=O) groups is 1. The molecule has 1 atom stereocenters. The van der Waals surface area contributed by atoms with Gasteiger partial charge in [-0.25, -0.2) is 13.2 Å². The van der Waals surface area contributed by atoms with Crippen molar-refractivity contribution in [1.82, 2.24) is 15.2 Å². The van der Waals surface area contributed by atoms with E-state index in [4.69, 9.17) is 5.73 Å². The third-order valence-electron chi connectivity index (χ3n) is 6.36. The summed E-state index contributed by atoms with van der Waals surface area (Å²) >= 11 is 0. The minimum atomic E-state index is -3.70. The smallest absolute Gasteiger partial charge is 0.319 e. The van der Waals surface area contributed by atoms with E-state index in [-0.39, 0.29) is 4.90 Å². The fourth-order valence-corrected chi connectivity index (χ4v) is 6.06. The zero-order chi connectivity index (χ0) is 26.3. The van der Waals surface area contributed by atoms with E-state index in [0.29, 0.717) is 45.0 Å². The number of sulfone groups is 1. The number of rotatable bonds is 9. The number of hydrogen-bond donors (Lipinski definition) is 3. The number of nitrogens with zero attached hydrogens (tertiary/aromatic N) is 3. The molecule has 4 rings (SSSR count). The van der Waals surface area contributed by atoms with Gasteiger partial charge in [-0.2, -0.15) is 0 Å². The molecule has 1 fully saturated rings. The number of para-hydroxylation sites is 1. The van der Waals surface area contributed by atoms with Crippen LogP contribution >= 0.6 is 0 Å². The van der Waals surface area contributed by atoms with Crippen molar-refractivity contribution in [1.29, 1.82) is 0 Å². The van der Waals surface area contributed by atoms with Gasteiger partial charge in [0.05, 0.1) is 4.90 Å². The van der Waals surface area contributed by atoms with Gasteiger partial charge < -0.3 is 21.3 Å². The lowest BCUT2D eigenvalue weighted by molar-refractivity contribution is 0.251. The fraction of sp³-hybridized carbons (Fsp3) is 0.259. The zero-order valence-corrected chi connectivity index (χ0v) is 21.4. The van der Waals surface area contributed by atoms with Crippen LogP contribution in [0.1, 0.15) is 11.1 Å². The van der Waals surface area contributed by atoms with Crippen LogP contribution in [0.4, 0.5) is 16.2 Å². The molecule has 4 N–H and O–H groups in total. The summed E-state index contributed by atoms with van der Waals surface area (Å²) in [6.07, 6.45) is 4.82. The Morgan fingerprint density at radius 2 is 1.78 bits per heavy atom. The van der Waals surface area contributed by atoms with Crippen LogP contribution in [0.15, 0.2) is 90.6 Å². The molecule has 10 heteroatoms. The average Bonchev–Trinajstić information content (AvgIpc) is 2.93. The molecule has 3 aromatic rings. The number of anilines is 2. The predicted octanol–water partition coefficient (Wildman–Crippen LogP) is 2.97. The van der Waals surface area contributed by atoms with Gasteiger partial charge in [0, 0.05) is 63.0 Å². The molecule has 2 amide bonds. The van der Waals surface area contributed by atoms with E-state index in [1.807, 2.05) is 35.2 Å². The molecule has 1 saturated heterocycles. The molecule has 0 aliphatic carbocycles. The first-order valence-electron chi connectivity index (χ1n) is 12.1. The summed E-state index contributed by atoms with van der Waals surface area (Å²) in [5.74, 6) is 0. The van der Waals surface area contributed by atoms with Crippen molar-refractivity contribution in [3.05, 3.63) is 96.8 Å². The van der Waals surface area contributed by atoms with Crippen molar-refractivity contribution in [3.8, 4) is 0 Å². The van der Waals surface area contributed by atoms with Gasteiger partial charge in [-0.15, -0.1) is 6.58 Å². The number of carbonyl (C=O) groups excluding carboxylic acids is 1. The first-order valence-corrected chi connectivity index (χ1v) is 13.6. The lowest BCUT2D eigenvalue weighted by atomic mass is 10.1. The number of piperazine rings is 1. The quantitative estimate of drug-likeness (QED) is 0.371. The SMILES string of the molecule is C=CC(N1CCN(c2ccccc2CN)CC1)S(=O)(=O)c1ccc(NC(=O)NCc2cccnc2)cc1. The van der Waals surface area contributed by atoms with Crippen LogP contribution in [-0.2, 0) is 22.9 Å². The van der Waals surface area contributed by atoms with Crippen molar-refractivity contribution in [2.24, 2.45) is 5.73 Å². The van der Waals surface area contributed by atoms with Gasteiger partial charge in [0.1, 0.15) is 5.37 Å². The third kappa shape index (κ3) is 6.34. The Labute approximate surface area is 217 Å². The molecule has 0 radical (unpaired) electrons. The number of amides is 2. The second-order valence-corrected chi connectivity index (χ2v) is 10.8. The van der Waals surface area contributed by atoms with Crippen molar-refractivity contribution in [2.75, 3.05) is 36.4 Å². The first-order chi connectivity index (χ1) is 17.9. The summed E-state index contributed by atoms with van der Waals surface area (Å²) < 4.78 is 26.9. The first kappa shape index (κ1) is 26.3. The van der Waals surface area contributed by atoms with Crippen molar-refractivity contribution < 1.29 is 13.2 Å². The Balaban J connectivity index is 1.36. The number of benzene rings is 2. The normalized spacial score (nSPS) is 15.1. The van der Waals surface area contributed by atoms with Crippen LogP contribution < -0.4 is 21.3 Å². The maximum atomic E-state index is 13.5. The molecule has 9 nitrogen and oxygen atoms in total. The molecular weight excluding hydrogens is 488 g/mol. The lowest BCUT2D eigenvalue weighted by Crippen LogP contribution is -2.52. The predicted molar refractivity (Wildman–Crippen MR) is 146 cm³/mol. The summed E-state index contributed by atoms with van der Waals surface area (Å²) in [5, 5.41) is 4.62. The van der Waals surface area contributed by atoms with E-state index in [9.17, 15) is 13.2 Å². The van der Waals surface area contributed by atoms with Crippen molar-refractivity contribution in [3.63, 3.8) is 0 Å². The summed E-state index contributed by atoms with van der Waals surface area (Å²) in [4.78, 5) is 20.6. The van der Waals surface area contributed by atoms with Gasteiger partial charge in [0.25, 0.3) is 0 Å². The minimum absolute atomic E-state index is 0.176. The van der Waals surface area contributed by atoms with Crippen molar-refractivity contribution in [2.45, 2.75) is 23.4 Å². The van der Waals surface area contributed by atoms with Gasteiger partial charge in [-0.3, -0.25) is 9.88 Å². The Kier molecular flexibility index (Phi) is 8.54. The molecule has 2 heterocycles. The average molecular weight is 521 g/mol. The van der Waals surface area contributed by atoms with E-state index in [1.54, 1.807) is 30.6 Å². The molecule has 194 valence electrons. The van der Waals surface area contributed by atoms with Crippen LogP contribution in [-0.4, -0.2) is 55.9 Å². The molecule has 0 bridgehead atoms. The molecule has 0 saturated carbocycles. The fourth-order valence-electron chi connectivity index (χ4n) is 4.41. The topological polar surface area (TPSA) is 121 Å². The molecular formula is C27H32N6O3S. The van der Waals surface area contributed by atoms with Crippen LogP contribution in [0.25, 0.3) is 0 Å². The van der Waals surface area contributed by atoms with Gasteiger partial charge in [0.15, 0.2) is 9.84 Å². The van der Waals surface area contributed by atoms with E-state index in [2.05, 4.69) is 27.1 Å². The molecule has 1 aliphatic rings. The van der Waals surface area contributed by atoms with Gasteiger partial charge in [0.2, 0.25) is 0 Å². The van der Waals surface area contributed by atoms with E-state index < -0.39 is 21.2 Å². The Morgan fingerprint density at radius 1 is 1.05 bits per heavy atom. The maximum Gasteiger partial charge on any atom is 0.319 e. The molecule has 37 heavy (non-hydrogen) atoms. The number of aromatic nitrogens is 1. The number of hydrogen-bond acceptors (Lipinski definition) is 7. The van der Waals surface area contributed by atoms with Gasteiger partial charge in [-0.1, -0.05) is 30.3 Å². The summed E-state index contributed by atoms with van der Waals surface area (Å²) in [7, 11) is -3.70. The van der Waals surface area contributed by atoms with E-state index in [1.165, 1.54) is 18.2 Å². The number of nitrogens with two attached hydrogens (primary N) is 1. The standard InChI is InChI=1S/C27H32N6O3S/c1-2-26(33-16-14-32(15-17-33)25-8-4-3-7-22(25)18-28)37(35,36)24-11-9-23(10-12-24)31-27(34)30-20-21-6-5-13-29-19-21/h2-13,19,26H,1,14-18,20,28H2,(H2,30,31,34). The highest BCUT2D eigenvalue weighted by Gasteiger charge is 2.33. The van der Waals surface area contributed by atoms with Gasteiger partial charge in [-0.05, 0) is 47.5 Å². The summed E-state index contributed by atoms with van der Waals surface area (Å²) in [6.45, 7) is 7.13. The molecule has 1 unspecified atom stereocenters. The summed E-state index contributed by atoms with van der Waals surface area (Å²) in [6, 6.07) is 17.5. The highest BCUT2D eigenvalue weighted by atomic mass is 32.2. The minimum Gasteiger partial charge on any atom is -0.369 e. The maximum absolute atomic E-state index is 13.5. The molecule has 1 aromatic heterocycles.